The van der Waals surface area contributed by atoms with Crippen molar-refractivity contribution in [2.45, 2.75) is 25.7 Å². The highest BCUT2D eigenvalue weighted by Crippen LogP contribution is 2.28. The Balaban J connectivity index is 1.89. The molecule has 130 valence electrons. The maximum atomic E-state index is 9.29. The van der Waals surface area contributed by atoms with Crippen LogP contribution in [0.4, 0.5) is 11.8 Å². The van der Waals surface area contributed by atoms with Crippen LogP contribution in [0.15, 0.2) is 0 Å². The lowest BCUT2D eigenvalue weighted by Crippen LogP contribution is -2.36. The Bertz CT molecular complexity index is 599. The number of nitrogens with one attached hydrogen (secondary N) is 2. The molecule has 0 saturated carbocycles. The number of hydrogen-bond acceptors (Lipinski definition) is 7. The lowest BCUT2D eigenvalue weighted by Gasteiger charge is -2.32. The number of nitriles is 1. The average Bonchev–Trinajstić information content (AvgIpc) is 2.87. The van der Waals surface area contributed by atoms with Crippen LogP contribution in [0.1, 0.15) is 24.1 Å². The third-order valence-electron chi connectivity index (χ3n) is 4.65. The predicted molar refractivity (Wildman–Crippen MR) is 93.2 cm³/mol. The molecule has 0 unspecified atom stereocenters. The van der Waals surface area contributed by atoms with E-state index in [0.717, 1.165) is 63.4 Å². The summed E-state index contributed by atoms with van der Waals surface area (Å²) in [5.74, 6) is 1.78. The van der Waals surface area contributed by atoms with Crippen molar-refractivity contribution in [1.82, 2.24) is 15.3 Å². The fourth-order valence-electron chi connectivity index (χ4n) is 3.41. The number of ether oxygens (including phenoxy) is 1. The summed E-state index contributed by atoms with van der Waals surface area (Å²) in [4.78, 5) is 11.8. The van der Waals surface area contributed by atoms with E-state index >= 15 is 0 Å². The van der Waals surface area contributed by atoms with Crippen LogP contribution in [0.2, 0.25) is 0 Å². The van der Waals surface area contributed by atoms with E-state index in [1.54, 1.807) is 7.11 Å². The third kappa shape index (κ3) is 3.94. The summed E-state index contributed by atoms with van der Waals surface area (Å²) in [5, 5.41) is 16.0. The molecule has 3 heterocycles. The molecular weight excluding hydrogens is 304 g/mol. The number of nitrogens with zero attached hydrogens (tertiary/aromatic N) is 4. The fourth-order valence-corrected chi connectivity index (χ4v) is 3.41. The summed E-state index contributed by atoms with van der Waals surface area (Å²) in [6.45, 7) is 4.94. The Labute approximate surface area is 143 Å². The molecule has 0 aliphatic carbocycles. The highest BCUT2D eigenvalue weighted by atomic mass is 16.5. The lowest BCUT2D eigenvalue weighted by atomic mass is 9.98. The molecule has 3 rings (SSSR count). The van der Waals surface area contributed by atoms with E-state index < -0.39 is 0 Å². The summed E-state index contributed by atoms with van der Waals surface area (Å²) >= 11 is 0. The number of aromatic nitrogens is 2. The number of anilines is 2. The van der Waals surface area contributed by atoms with Crippen LogP contribution in [0.5, 0.6) is 0 Å². The minimum atomic E-state index is 0.0955. The van der Waals surface area contributed by atoms with Gasteiger partial charge in [0.15, 0.2) is 0 Å². The van der Waals surface area contributed by atoms with Gasteiger partial charge in [0.2, 0.25) is 5.95 Å². The first-order chi connectivity index (χ1) is 11.8. The highest BCUT2D eigenvalue weighted by Gasteiger charge is 2.25. The van der Waals surface area contributed by atoms with Gasteiger partial charge in [0.05, 0.1) is 24.3 Å². The maximum absolute atomic E-state index is 9.29. The summed E-state index contributed by atoms with van der Waals surface area (Å²) in [6, 6.07) is 2.42. The molecule has 7 nitrogen and oxygen atoms in total. The minimum absolute atomic E-state index is 0.0955. The van der Waals surface area contributed by atoms with E-state index in [1.165, 1.54) is 5.56 Å². The molecule has 1 aromatic rings. The topological polar surface area (TPSA) is 86.1 Å². The molecule has 0 spiro atoms. The Morgan fingerprint density at radius 3 is 3.08 bits per heavy atom. The molecule has 1 atom stereocenters. The van der Waals surface area contributed by atoms with Crippen molar-refractivity contribution in [3.05, 3.63) is 11.3 Å². The van der Waals surface area contributed by atoms with Crippen molar-refractivity contribution in [2.75, 3.05) is 56.7 Å². The Morgan fingerprint density at radius 2 is 2.25 bits per heavy atom. The van der Waals surface area contributed by atoms with E-state index in [2.05, 4.69) is 21.6 Å². The van der Waals surface area contributed by atoms with E-state index in [1.807, 2.05) is 0 Å². The second-order valence-corrected chi connectivity index (χ2v) is 6.38. The van der Waals surface area contributed by atoms with E-state index in [0.29, 0.717) is 19.1 Å². The normalized spacial score (nSPS) is 20.8. The third-order valence-corrected chi connectivity index (χ3v) is 4.65. The largest absolute Gasteiger partial charge is 0.383 e. The number of methoxy groups -OCH3 is 1. The molecule has 2 N–H and O–H groups in total. The lowest BCUT2D eigenvalue weighted by molar-refractivity contribution is 0.210. The van der Waals surface area contributed by atoms with Gasteiger partial charge in [-0.05, 0) is 25.8 Å². The van der Waals surface area contributed by atoms with Gasteiger partial charge in [0.1, 0.15) is 5.82 Å². The molecular formula is C17H26N6O. The summed E-state index contributed by atoms with van der Waals surface area (Å²) in [6.07, 6.45) is 3.89. The molecule has 1 fully saturated rings. The van der Waals surface area contributed by atoms with Crippen molar-refractivity contribution in [3.63, 3.8) is 0 Å². The molecule has 1 saturated heterocycles. The second kappa shape index (κ2) is 8.27. The molecule has 7 heteroatoms. The molecule has 0 bridgehead atoms. The van der Waals surface area contributed by atoms with Gasteiger partial charge in [-0.2, -0.15) is 10.2 Å². The van der Waals surface area contributed by atoms with Crippen LogP contribution >= 0.6 is 0 Å². The molecule has 1 aromatic heterocycles. The Hall–Kier alpha value is -1.91. The van der Waals surface area contributed by atoms with Crippen molar-refractivity contribution >= 4 is 11.8 Å². The van der Waals surface area contributed by atoms with E-state index in [9.17, 15) is 5.26 Å². The number of fused-ring (bicyclic) bond motifs is 1. The van der Waals surface area contributed by atoms with Crippen LogP contribution in [0, 0.1) is 17.2 Å². The van der Waals surface area contributed by atoms with Gasteiger partial charge in [-0.3, -0.25) is 0 Å². The second-order valence-electron chi connectivity index (χ2n) is 6.38. The van der Waals surface area contributed by atoms with Gasteiger partial charge in [0.25, 0.3) is 0 Å². The zero-order valence-electron chi connectivity index (χ0n) is 14.3. The van der Waals surface area contributed by atoms with Crippen LogP contribution in [-0.2, 0) is 17.6 Å². The zero-order chi connectivity index (χ0) is 16.8. The number of hydrogen-bond donors (Lipinski definition) is 2. The summed E-state index contributed by atoms with van der Waals surface area (Å²) < 4.78 is 5.10. The van der Waals surface area contributed by atoms with Gasteiger partial charge in [-0.25, -0.2) is 4.98 Å². The van der Waals surface area contributed by atoms with Crippen molar-refractivity contribution < 1.29 is 4.74 Å². The molecule has 0 radical (unpaired) electrons. The van der Waals surface area contributed by atoms with Crippen LogP contribution in [-0.4, -0.2) is 56.4 Å². The van der Waals surface area contributed by atoms with Gasteiger partial charge in [0, 0.05) is 45.3 Å². The maximum Gasteiger partial charge on any atom is 0.224 e. The van der Waals surface area contributed by atoms with Crippen LogP contribution in [0.3, 0.4) is 0 Å². The standard InChI is InChI=1S/C17H26N6O/c1-24-10-8-20-17-21-15-5-7-19-6-4-14(15)16(22-17)23-9-2-3-13(11-18)12-23/h13,19H,2-10,12H2,1H3,(H,20,21,22)/t13-/m1/s1. The highest BCUT2D eigenvalue weighted by molar-refractivity contribution is 5.54. The first-order valence-corrected chi connectivity index (χ1v) is 8.79. The summed E-state index contributed by atoms with van der Waals surface area (Å²) in [5.41, 5.74) is 2.37. The average molecular weight is 330 g/mol. The molecule has 2 aliphatic heterocycles. The van der Waals surface area contributed by atoms with Crippen LogP contribution < -0.4 is 15.5 Å². The van der Waals surface area contributed by atoms with Gasteiger partial charge >= 0.3 is 0 Å². The Morgan fingerprint density at radius 1 is 1.38 bits per heavy atom. The van der Waals surface area contributed by atoms with E-state index in [-0.39, 0.29) is 5.92 Å². The molecule has 2 aliphatic rings. The zero-order valence-corrected chi connectivity index (χ0v) is 14.3. The Kier molecular flexibility index (Phi) is 5.83. The molecule has 0 aromatic carbocycles. The predicted octanol–water partition coefficient (Wildman–Crippen LogP) is 0.963. The van der Waals surface area contributed by atoms with E-state index in [4.69, 9.17) is 14.7 Å². The van der Waals surface area contributed by atoms with Gasteiger partial charge < -0.3 is 20.3 Å². The quantitative estimate of drug-likeness (QED) is 0.778. The summed E-state index contributed by atoms with van der Waals surface area (Å²) in [7, 11) is 1.69. The molecule has 24 heavy (non-hydrogen) atoms. The smallest absolute Gasteiger partial charge is 0.224 e. The van der Waals surface area contributed by atoms with Crippen molar-refractivity contribution in [2.24, 2.45) is 5.92 Å². The van der Waals surface area contributed by atoms with Gasteiger partial charge in [-0.15, -0.1) is 0 Å². The number of piperidine rings is 1. The van der Waals surface area contributed by atoms with Crippen molar-refractivity contribution in [3.8, 4) is 6.07 Å². The first-order valence-electron chi connectivity index (χ1n) is 8.79. The first kappa shape index (κ1) is 16.9. The van der Waals surface area contributed by atoms with Crippen LogP contribution in [0.25, 0.3) is 0 Å². The number of rotatable bonds is 5. The minimum Gasteiger partial charge on any atom is -0.383 e. The SMILES string of the molecule is COCCNc1nc2c(c(N3CCC[C@H](C#N)C3)n1)CCNCC2. The molecule has 0 amide bonds. The van der Waals surface area contributed by atoms with Gasteiger partial charge in [-0.1, -0.05) is 0 Å². The fraction of sp³-hybridized carbons (Fsp3) is 0.706. The van der Waals surface area contributed by atoms with Crippen molar-refractivity contribution in [1.29, 1.82) is 5.26 Å². The monoisotopic (exact) mass is 330 g/mol.